The molecule has 2 atom stereocenters. The monoisotopic (exact) mass is 609 g/mol. The van der Waals surface area contributed by atoms with E-state index in [1.165, 1.54) is 58.6 Å². The number of benzene rings is 1. The van der Waals surface area contributed by atoms with Gasteiger partial charge in [0.05, 0.1) is 70.0 Å². The van der Waals surface area contributed by atoms with Crippen LogP contribution in [0, 0.1) is 11.7 Å². The molecular formula is C28H23ClF3N9O2. The first kappa shape index (κ1) is 28.3. The summed E-state index contributed by atoms with van der Waals surface area (Å²) < 4.78 is 46.3. The summed E-state index contributed by atoms with van der Waals surface area (Å²) in [7, 11) is 0. The van der Waals surface area contributed by atoms with E-state index < -0.39 is 29.9 Å². The third kappa shape index (κ3) is 5.29. The predicted molar refractivity (Wildman–Crippen MR) is 150 cm³/mol. The third-order valence-corrected chi connectivity index (χ3v) is 7.66. The van der Waals surface area contributed by atoms with Crippen molar-refractivity contribution in [1.82, 2.24) is 39.3 Å². The number of hydrogen-bond donors (Lipinski definition) is 1. The first-order chi connectivity index (χ1) is 20.7. The number of anilines is 1. The van der Waals surface area contributed by atoms with Crippen molar-refractivity contribution in [2.24, 2.45) is 5.92 Å². The second-order valence-corrected chi connectivity index (χ2v) is 10.5. The lowest BCUT2D eigenvalue weighted by atomic mass is 9.97. The van der Waals surface area contributed by atoms with Gasteiger partial charge in [0.1, 0.15) is 0 Å². The van der Waals surface area contributed by atoms with Crippen molar-refractivity contribution in [1.29, 1.82) is 0 Å². The molecule has 2 bridgehead atoms. The van der Waals surface area contributed by atoms with Gasteiger partial charge in [0.15, 0.2) is 5.82 Å². The maximum Gasteiger partial charge on any atom is 0.333 e. The average Bonchev–Trinajstić information content (AvgIpc) is 3.67. The predicted octanol–water partition coefficient (Wildman–Crippen LogP) is 5.29. The number of nitrogens with one attached hydrogen (secondary N) is 1. The highest BCUT2D eigenvalue weighted by molar-refractivity contribution is 6.31. The highest BCUT2D eigenvalue weighted by atomic mass is 35.5. The van der Waals surface area contributed by atoms with Crippen LogP contribution in [0.3, 0.4) is 0 Å². The summed E-state index contributed by atoms with van der Waals surface area (Å²) in [6.07, 6.45) is 8.23. The van der Waals surface area contributed by atoms with Crippen molar-refractivity contribution in [2.75, 3.05) is 5.32 Å². The number of fused-ring (bicyclic) bond motifs is 4. The van der Waals surface area contributed by atoms with Crippen LogP contribution in [0.2, 0.25) is 5.02 Å². The number of halogens is 4. The van der Waals surface area contributed by atoms with Crippen LogP contribution in [-0.4, -0.2) is 45.2 Å². The van der Waals surface area contributed by atoms with Crippen LogP contribution in [0.25, 0.3) is 28.2 Å². The van der Waals surface area contributed by atoms with Crippen molar-refractivity contribution in [3.05, 3.63) is 88.3 Å². The summed E-state index contributed by atoms with van der Waals surface area (Å²) in [5, 5.41) is 14.0. The molecule has 1 aliphatic rings. The van der Waals surface area contributed by atoms with Gasteiger partial charge in [0, 0.05) is 23.7 Å². The normalized spacial score (nSPS) is 17.2. The Kier molecular flexibility index (Phi) is 7.52. The maximum absolute atomic E-state index is 15.3. The van der Waals surface area contributed by atoms with Crippen LogP contribution in [0.1, 0.15) is 44.5 Å². The van der Waals surface area contributed by atoms with Gasteiger partial charge in [-0.2, -0.15) is 13.9 Å². The van der Waals surface area contributed by atoms with Gasteiger partial charge in [0.25, 0.3) is 5.56 Å². The second-order valence-electron chi connectivity index (χ2n) is 10.1. The Bertz CT molecular complexity index is 1870. The van der Waals surface area contributed by atoms with Gasteiger partial charge in [-0.15, -0.1) is 5.10 Å². The SMILES string of the molecule is CC1CCCC(n2cnc(-c3c(-n4ccnn4)ccc(Cl)c3F)cc2=O)c2cc(ccn2)-c2c(cnn2C(F)F)NC1=O. The van der Waals surface area contributed by atoms with Crippen molar-refractivity contribution in [2.45, 2.75) is 38.8 Å². The fourth-order valence-corrected chi connectivity index (χ4v) is 5.35. The fourth-order valence-electron chi connectivity index (χ4n) is 5.19. The topological polar surface area (TPSA) is 125 Å². The number of carbonyl (C=O) groups is 1. The van der Waals surface area contributed by atoms with E-state index >= 15 is 4.39 Å². The lowest BCUT2D eigenvalue weighted by Crippen LogP contribution is -2.27. The molecular weight excluding hydrogens is 587 g/mol. The van der Waals surface area contributed by atoms with Crippen LogP contribution in [0.15, 0.2) is 66.2 Å². The summed E-state index contributed by atoms with van der Waals surface area (Å²) in [6.45, 7) is -1.23. The number of alkyl halides is 2. The van der Waals surface area contributed by atoms with Gasteiger partial charge in [0.2, 0.25) is 5.91 Å². The minimum absolute atomic E-state index is 0.0106. The summed E-state index contributed by atoms with van der Waals surface area (Å²) in [5.74, 6) is -1.57. The van der Waals surface area contributed by atoms with E-state index in [4.69, 9.17) is 11.6 Å². The Labute approximate surface area is 247 Å². The highest BCUT2D eigenvalue weighted by Gasteiger charge is 2.26. The summed E-state index contributed by atoms with van der Waals surface area (Å²) in [5.41, 5.74) is 0.653. The first-order valence-electron chi connectivity index (χ1n) is 13.3. The van der Waals surface area contributed by atoms with E-state index in [1.54, 1.807) is 19.1 Å². The van der Waals surface area contributed by atoms with Gasteiger partial charge < -0.3 is 5.32 Å². The van der Waals surface area contributed by atoms with Gasteiger partial charge in [-0.3, -0.25) is 19.1 Å². The highest BCUT2D eigenvalue weighted by Crippen LogP contribution is 2.35. The molecule has 0 saturated heterocycles. The van der Waals surface area contributed by atoms with Crippen molar-refractivity contribution in [3.8, 4) is 28.2 Å². The van der Waals surface area contributed by atoms with Crippen molar-refractivity contribution >= 4 is 23.2 Å². The number of aromatic nitrogens is 8. The molecule has 0 saturated carbocycles. The van der Waals surface area contributed by atoms with Crippen molar-refractivity contribution in [3.63, 3.8) is 0 Å². The van der Waals surface area contributed by atoms with Crippen LogP contribution in [-0.2, 0) is 4.79 Å². The Hall–Kier alpha value is -4.85. The Morgan fingerprint density at radius 3 is 2.67 bits per heavy atom. The number of carbonyl (C=O) groups excluding carboxylic acids is 1. The number of amides is 1. The fraction of sp³-hybridized carbons (Fsp3) is 0.250. The standard InChI is InChI=1S/C28H23ClF3N9O2/c1-15-3-2-4-21(18-11-16(7-8-33-18)26-20(37-27(15)43)13-36-41(26)28(31)32)39-14-34-19(12-23(39)42)24-22(40-10-9-35-38-40)6-5-17(29)25(24)30/h5-15,21,28H,2-4H2,1H3,(H,37,43). The maximum atomic E-state index is 15.3. The molecule has 0 radical (unpaired) electrons. The van der Waals surface area contributed by atoms with Gasteiger partial charge >= 0.3 is 6.55 Å². The zero-order valence-corrected chi connectivity index (χ0v) is 23.3. The molecule has 43 heavy (non-hydrogen) atoms. The van der Waals surface area contributed by atoms with E-state index in [0.29, 0.717) is 35.2 Å². The lowest BCUT2D eigenvalue weighted by molar-refractivity contribution is -0.119. The van der Waals surface area contributed by atoms with Gasteiger partial charge in [-0.1, -0.05) is 30.2 Å². The largest absolute Gasteiger partial charge is 0.333 e. The molecule has 0 fully saturated rings. The molecule has 220 valence electrons. The third-order valence-electron chi connectivity index (χ3n) is 7.37. The first-order valence-corrected chi connectivity index (χ1v) is 13.7. The molecule has 5 aromatic rings. The molecule has 4 aromatic heterocycles. The molecule has 2 unspecified atom stereocenters. The van der Waals surface area contributed by atoms with Gasteiger partial charge in [-0.05, 0) is 37.1 Å². The molecule has 0 aliphatic carbocycles. The molecule has 0 spiro atoms. The summed E-state index contributed by atoms with van der Waals surface area (Å²) >= 11 is 6.07. The van der Waals surface area contributed by atoms with Gasteiger partial charge in [-0.25, -0.2) is 18.7 Å². The number of nitrogens with zero attached hydrogens (tertiary/aromatic N) is 8. The molecule has 6 rings (SSSR count). The van der Waals surface area contributed by atoms with E-state index in [0.717, 1.165) is 0 Å². The minimum Gasteiger partial charge on any atom is -0.323 e. The second kappa shape index (κ2) is 11.4. The summed E-state index contributed by atoms with van der Waals surface area (Å²) in [4.78, 5) is 35.4. The Balaban J connectivity index is 1.47. The minimum atomic E-state index is -2.97. The Morgan fingerprint density at radius 2 is 1.93 bits per heavy atom. The smallest absolute Gasteiger partial charge is 0.323 e. The van der Waals surface area contributed by atoms with Crippen LogP contribution >= 0.6 is 11.6 Å². The molecule has 11 nitrogen and oxygen atoms in total. The summed E-state index contributed by atoms with van der Waals surface area (Å²) in [6, 6.07) is 6.54. The van der Waals surface area contributed by atoms with E-state index in [-0.39, 0.29) is 39.3 Å². The van der Waals surface area contributed by atoms with E-state index in [2.05, 4.69) is 30.7 Å². The number of pyridine rings is 1. The van der Waals surface area contributed by atoms with Crippen LogP contribution in [0.5, 0.6) is 0 Å². The molecule has 15 heteroatoms. The molecule has 1 N–H and O–H groups in total. The van der Waals surface area contributed by atoms with Crippen LogP contribution < -0.4 is 10.9 Å². The van der Waals surface area contributed by atoms with E-state index in [1.807, 2.05) is 0 Å². The van der Waals surface area contributed by atoms with E-state index in [9.17, 15) is 18.4 Å². The average molecular weight is 610 g/mol. The molecule has 1 aromatic carbocycles. The van der Waals surface area contributed by atoms with Crippen molar-refractivity contribution < 1.29 is 18.0 Å². The molecule has 1 amide bonds. The quantitative estimate of drug-likeness (QED) is 0.294. The molecule has 5 heterocycles. The number of hydrogen-bond acceptors (Lipinski definition) is 7. The zero-order chi connectivity index (χ0) is 30.2. The van der Waals surface area contributed by atoms with Crippen LogP contribution in [0.4, 0.5) is 18.9 Å². The number of rotatable bonds is 4. The molecule has 1 aliphatic heterocycles. The Morgan fingerprint density at radius 1 is 1.09 bits per heavy atom. The lowest BCUT2D eigenvalue weighted by Gasteiger charge is -2.22. The zero-order valence-electron chi connectivity index (χ0n) is 22.5.